The second-order valence-electron chi connectivity index (χ2n) is 3.85. The molecule has 0 radical (unpaired) electrons. The number of rotatable bonds is 3. The van der Waals surface area contributed by atoms with E-state index >= 15 is 0 Å². The van der Waals surface area contributed by atoms with Crippen molar-refractivity contribution in [3.8, 4) is 0 Å². The average Bonchev–Trinajstić information content (AvgIpc) is 2.32. The maximum atomic E-state index is 12.0. The van der Waals surface area contributed by atoms with E-state index in [1.807, 2.05) is 24.3 Å². The number of hydrogen-bond acceptors (Lipinski definition) is 2. The molecular formula is C14H12INO. The van der Waals surface area contributed by atoms with Crippen LogP contribution in [-0.2, 0) is 6.42 Å². The number of carbonyl (C=O) groups is 1. The number of Topliss-reactive ketones (excluding diaryl/α,β-unsaturated/α-hetero) is 1. The topological polar surface area (TPSA) is 43.1 Å². The first kappa shape index (κ1) is 12.1. The molecule has 0 saturated carbocycles. The molecule has 0 amide bonds. The highest BCUT2D eigenvalue weighted by Crippen LogP contribution is 2.12. The molecule has 2 aromatic rings. The molecule has 86 valence electrons. The fourth-order valence-electron chi connectivity index (χ4n) is 1.60. The van der Waals surface area contributed by atoms with Crippen LogP contribution < -0.4 is 5.73 Å². The van der Waals surface area contributed by atoms with Crippen molar-refractivity contribution in [3.63, 3.8) is 0 Å². The maximum absolute atomic E-state index is 12.0. The van der Waals surface area contributed by atoms with Crippen LogP contribution >= 0.6 is 22.6 Å². The van der Waals surface area contributed by atoms with Gasteiger partial charge in [-0.25, -0.2) is 0 Å². The SMILES string of the molecule is Nc1cccc(C(=O)Cc2ccc(I)cc2)c1. The largest absolute Gasteiger partial charge is 0.399 e. The van der Waals surface area contributed by atoms with Gasteiger partial charge in [-0.05, 0) is 52.4 Å². The second-order valence-corrected chi connectivity index (χ2v) is 5.10. The first-order valence-corrected chi connectivity index (χ1v) is 6.36. The summed E-state index contributed by atoms with van der Waals surface area (Å²) in [7, 11) is 0. The number of hydrogen-bond donors (Lipinski definition) is 1. The first-order chi connectivity index (χ1) is 8.15. The third kappa shape index (κ3) is 3.30. The minimum absolute atomic E-state index is 0.0958. The highest BCUT2D eigenvalue weighted by molar-refractivity contribution is 14.1. The summed E-state index contributed by atoms with van der Waals surface area (Å²) in [6, 6.07) is 15.1. The minimum atomic E-state index is 0.0958. The summed E-state index contributed by atoms with van der Waals surface area (Å²) in [6.07, 6.45) is 0.417. The second kappa shape index (κ2) is 5.31. The highest BCUT2D eigenvalue weighted by Gasteiger charge is 2.06. The van der Waals surface area contributed by atoms with Gasteiger partial charge in [-0.2, -0.15) is 0 Å². The molecule has 0 fully saturated rings. The number of halogens is 1. The summed E-state index contributed by atoms with van der Waals surface area (Å²) in [4.78, 5) is 12.0. The van der Waals surface area contributed by atoms with Gasteiger partial charge in [0.1, 0.15) is 0 Å². The number of anilines is 1. The Balaban J connectivity index is 2.14. The number of nitrogen functional groups attached to an aromatic ring is 1. The number of carbonyl (C=O) groups excluding carboxylic acids is 1. The molecule has 0 spiro atoms. The van der Waals surface area contributed by atoms with Gasteiger partial charge in [-0.1, -0.05) is 24.3 Å². The van der Waals surface area contributed by atoms with E-state index < -0.39 is 0 Å². The van der Waals surface area contributed by atoms with Crippen molar-refractivity contribution in [3.05, 3.63) is 63.2 Å². The van der Waals surface area contributed by atoms with Crippen LogP contribution in [0.3, 0.4) is 0 Å². The van der Waals surface area contributed by atoms with Crippen LogP contribution in [0.1, 0.15) is 15.9 Å². The van der Waals surface area contributed by atoms with Crippen LogP contribution in [0.5, 0.6) is 0 Å². The summed E-state index contributed by atoms with van der Waals surface area (Å²) in [5, 5.41) is 0. The number of ketones is 1. The fourth-order valence-corrected chi connectivity index (χ4v) is 1.96. The van der Waals surface area contributed by atoms with Gasteiger partial charge in [0.2, 0.25) is 0 Å². The molecule has 0 heterocycles. The Morgan fingerprint density at radius 1 is 1.12 bits per heavy atom. The van der Waals surface area contributed by atoms with Crippen molar-refractivity contribution in [1.82, 2.24) is 0 Å². The minimum Gasteiger partial charge on any atom is -0.399 e. The smallest absolute Gasteiger partial charge is 0.167 e. The van der Waals surface area contributed by atoms with Crippen LogP contribution in [0.15, 0.2) is 48.5 Å². The lowest BCUT2D eigenvalue weighted by molar-refractivity contribution is 0.0993. The molecule has 2 N–H and O–H groups in total. The Labute approximate surface area is 114 Å². The van der Waals surface area contributed by atoms with E-state index in [1.165, 1.54) is 3.57 Å². The van der Waals surface area contributed by atoms with Crippen LogP contribution in [0.2, 0.25) is 0 Å². The van der Waals surface area contributed by atoms with Crippen molar-refractivity contribution in [2.45, 2.75) is 6.42 Å². The molecule has 2 rings (SSSR count). The van der Waals surface area contributed by atoms with E-state index in [2.05, 4.69) is 22.6 Å². The lowest BCUT2D eigenvalue weighted by atomic mass is 10.0. The lowest BCUT2D eigenvalue weighted by Gasteiger charge is -2.02. The Morgan fingerprint density at radius 3 is 2.47 bits per heavy atom. The maximum Gasteiger partial charge on any atom is 0.167 e. The molecule has 0 atom stereocenters. The van der Waals surface area contributed by atoms with Crippen LogP contribution in [0, 0.1) is 3.57 Å². The molecule has 0 bridgehead atoms. The number of nitrogens with two attached hydrogens (primary N) is 1. The monoisotopic (exact) mass is 337 g/mol. The quantitative estimate of drug-likeness (QED) is 0.531. The molecule has 0 aliphatic rings. The molecule has 2 aromatic carbocycles. The van der Waals surface area contributed by atoms with Crippen molar-refractivity contribution in [2.24, 2.45) is 0 Å². The zero-order valence-electron chi connectivity index (χ0n) is 9.19. The third-order valence-electron chi connectivity index (χ3n) is 2.49. The molecule has 3 heteroatoms. The van der Waals surface area contributed by atoms with Crippen LogP contribution in [-0.4, -0.2) is 5.78 Å². The highest BCUT2D eigenvalue weighted by atomic mass is 127. The summed E-state index contributed by atoms with van der Waals surface area (Å²) >= 11 is 2.24. The van der Waals surface area contributed by atoms with Crippen molar-refractivity contribution in [1.29, 1.82) is 0 Å². The predicted molar refractivity (Wildman–Crippen MR) is 78.0 cm³/mol. The van der Waals surface area contributed by atoms with Gasteiger partial charge in [-0.15, -0.1) is 0 Å². The van der Waals surface area contributed by atoms with E-state index in [1.54, 1.807) is 24.3 Å². The average molecular weight is 337 g/mol. The van der Waals surface area contributed by atoms with Crippen LogP contribution in [0.25, 0.3) is 0 Å². The van der Waals surface area contributed by atoms with E-state index in [-0.39, 0.29) is 5.78 Å². The molecular weight excluding hydrogens is 325 g/mol. The Bertz CT molecular complexity index is 534. The normalized spacial score (nSPS) is 10.2. The third-order valence-corrected chi connectivity index (χ3v) is 3.21. The summed E-state index contributed by atoms with van der Waals surface area (Å²) in [6.45, 7) is 0. The van der Waals surface area contributed by atoms with E-state index in [0.29, 0.717) is 17.7 Å². The van der Waals surface area contributed by atoms with Gasteiger partial charge >= 0.3 is 0 Å². The molecule has 0 aromatic heterocycles. The van der Waals surface area contributed by atoms with E-state index in [0.717, 1.165) is 5.56 Å². The standard InChI is InChI=1S/C14H12INO/c15-12-6-4-10(5-7-12)8-14(17)11-2-1-3-13(16)9-11/h1-7,9H,8,16H2. The molecule has 17 heavy (non-hydrogen) atoms. The molecule has 0 aliphatic carbocycles. The lowest BCUT2D eigenvalue weighted by Crippen LogP contribution is -2.04. The zero-order chi connectivity index (χ0) is 12.3. The summed E-state index contributed by atoms with van der Waals surface area (Å²) < 4.78 is 1.17. The Kier molecular flexibility index (Phi) is 3.78. The fraction of sp³-hybridized carbons (Fsp3) is 0.0714. The van der Waals surface area contributed by atoms with Crippen LogP contribution in [0.4, 0.5) is 5.69 Å². The molecule has 0 aliphatic heterocycles. The van der Waals surface area contributed by atoms with Gasteiger partial charge in [-0.3, -0.25) is 4.79 Å². The predicted octanol–water partition coefficient (Wildman–Crippen LogP) is 3.30. The van der Waals surface area contributed by atoms with Gasteiger partial charge in [0, 0.05) is 21.2 Å². The first-order valence-electron chi connectivity index (χ1n) is 5.28. The van der Waals surface area contributed by atoms with Gasteiger partial charge in [0.05, 0.1) is 0 Å². The summed E-state index contributed by atoms with van der Waals surface area (Å²) in [5.41, 5.74) is 7.98. The van der Waals surface area contributed by atoms with E-state index in [9.17, 15) is 4.79 Å². The van der Waals surface area contributed by atoms with Crippen molar-refractivity contribution in [2.75, 3.05) is 5.73 Å². The van der Waals surface area contributed by atoms with Crippen molar-refractivity contribution < 1.29 is 4.79 Å². The Hall–Kier alpha value is -1.36. The molecule has 0 saturated heterocycles. The zero-order valence-corrected chi connectivity index (χ0v) is 11.3. The summed E-state index contributed by atoms with van der Waals surface area (Å²) in [5.74, 6) is 0.0958. The number of benzene rings is 2. The molecule has 0 unspecified atom stereocenters. The van der Waals surface area contributed by atoms with E-state index in [4.69, 9.17) is 5.73 Å². The Morgan fingerprint density at radius 2 is 1.82 bits per heavy atom. The van der Waals surface area contributed by atoms with Gasteiger partial charge in [0.25, 0.3) is 0 Å². The van der Waals surface area contributed by atoms with Gasteiger partial charge in [0.15, 0.2) is 5.78 Å². The van der Waals surface area contributed by atoms with Crippen molar-refractivity contribution >= 4 is 34.1 Å². The molecule has 2 nitrogen and oxygen atoms in total. The van der Waals surface area contributed by atoms with Gasteiger partial charge < -0.3 is 5.73 Å².